The van der Waals surface area contributed by atoms with Crippen LogP contribution in [0.2, 0.25) is 0 Å². The number of hydrogen-bond acceptors (Lipinski definition) is 2. The van der Waals surface area contributed by atoms with Gasteiger partial charge in [0, 0.05) is 27.7 Å². The molecule has 0 aromatic heterocycles. The van der Waals surface area contributed by atoms with Crippen LogP contribution in [0, 0.1) is 17.6 Å². The van der Waals surface area contributed by atoms with E-state index in [1.165, 1.54) is 18.2 Å². The molecule has 1 amide bonds. The van der Waals surface area contributed by atoms with Gasteiger partial charge in [0.1, 0.15) is 17.4 Å². The average molecular weight is 331 g/mol. The van der Waals surface area contributed by atoms with Gasteiger partial charge in [-0.3, -0.25) is 9.00 Å². The topological polar surface area (TPSA) is 46.2 Å². The van der Waals surface area contributed by atoms with E-state index in [0.717, 1.165) is 0 Å². The Morgan fingerprint density at radius 1 is 1.18 bits per heavy atom. The van der Waals surface area contributed by atoms with Crippen molar-refractivity contribution in [3.63, 3.8) is 0 Å². The molecule has 0 fully saturated rings. The van der Waals surface area contributed by atoms with Crippen molar-refractivity contribution >= 4 is 16.7 Å². The van der Waals surface area contributed by atoms with E-state index >= 15 is 0 Å². The van der Waals surface area contributed by atoms with Crippen LogP contribution in [-0.4, -0.2) is 27.2 Å². The van der Waals surface area contributed by atoms with Crippen molar-refractivity contribution in [2.24, 2.45) is 5.92 Å². The molecule has 0 heterocycles. The number of hydrogen-bond donors (Lipinski definition) is 1. The van der Waals surface area contributed by atoms with Gasteiger partial charge in [-0.1, -0.05) is 26.8 Å². The molecule has 1 rings (SSSR count). The summed E-state index contributed by atoms with van der Waals surface area (Å²) in [7, 11) is -1.26. The second kappa shape index (κ2) is 8.36. The standard InChI is InChI=1S/C16H23F2NO2S/c1-10(2)12(4)22(21)9-16(20)19-11(3)8-13-14(17)6-5-7-15(13)18/h5-7,10-12H,8-9H2,1-4H3,(H,19,20)/t11-,12+,22+/m1/s1. The van der Waals surface area contributed by atoms with Crippen LogP contribution in [-0.2, 0) is 22.0 Å². The van der Waals surface area contributed by atoms with Gasteiger partial charge in [-0.15, -0.1) is 0 Å². The molecule has 22 heavy (non-hydrogen) atoms. The van der Waals surface area contributed by atoms with Gasteiger partial charge in [-0.25, -0.2) is 8.78 Å². The third-order valence-corrected chi connectivity index (χ3v) is 5.53. The summed E-state index contributed by atoms with van der Waals surface area (Å²) >= 11 is 0. The smallest absolute Gasteiger partial charge is 0.232 e. The van der Waals surface area contributed by atoms with Crippen molar-refractivity contribution in [2.75, 3.05) is 5.75 Å². The van der Waals surface area contributed by atoms with Crippen LogP contribution < -0.4 is 5.32 Å². The van der Waals surface area contributed by atoms with Gasteiger partial charge in [0.2, 0.25) is 5.91 Å². The van der Waals surface area contributed by atoms with Crippen LogP contribution in [0.4, 0.5) is 8.78 Å². The highest BCUT2D eigenvalue weighted by Gasteiger charge is 2.20. The van der Waals surface area contributed by atoms with E-state index in [2.05, 4.69) is 5.32 Å². The fourth-order valence-electron chi connectivity index (χ4n) is 1.97. The fourth-order valence-corrected chi connectivity index (χ4v) is 3.18. The van der Waals surface area contributed by atoms with Gasteiger partial charge < -0.3 is 5.32 Å². The molecule has 6 heteroatoms. The molecule has 0 bridgehead atoms. The van der Waals surface area contributed by atoms with Crippen molar-refractivity contribution in [1.82, 2.24) is 5.32 Å². The Labute approximate surface area is 132 Å². The zero-order valence-corrected chi connectivity index (χ0v) is 14.2. The Kier molecular flexibility index (Phi) is 7.13. The molecule has 1 aromatic rings. The molecule has 0 aliphatic carbocycles. The first-order valence-corrected chi connectivity index (χ1v) is 8.70. The van der Waals surface area contributed by atoms with Crippen LogP contribution in [0.15, 0.2) is 18.2 Å². The summed E-state index contributed by atoms with van der Waals surface area (Å²) in [5.41, 5.74) is -0.0491. The van der Waals surface area contributed by atoms with Gasteiger partial charge in [0.25, 0.3) is 0 Å². The minimum absolute atomic E-state index is 0.0491. The lowest BCUT2D eigenvalue weighted by Crippen LogP contribution is -2.38. The largest absolute Gasteiger partial charge is 0.353 e. The number of halogens is 2. The summed E-state index contributed by atoms with van der Waals surface area (Å²) in [6.07, 6.45) is 0.0522. The zero-order chi connectivity index (χ0) is 16.9. The lowest BCUT2D eigenvalue weighted by molar-refractivity contribution is -0.119. The minimum Gasteiger partial charge on any atom is -0.353 e. The molecule has 3 nitrogen and oxygen atoms in total. The van der Waals surface area contributed by atoms with Crippen LogP contribution >= 0.6 is 0 Å². The maximum absolute atomic E-state index is 13.6. The highest BCUT2D eigenvalue weighted by Crippen LogP contribution is 2.14. The average Bonchev–Trinajstić information content (AvgIpc) is 2.41. The number of carbonyl (C=O) groups is 1. The Hall–Kier alpha value is -1.30. The molecule has 0 saturated heterocycles. The predicted molar refractivity (Wildman–Crippen MR) is 85.0 cm³/mol. The molecule has 1 aromatic carbocycles. The van der Waals surface area contributed by atoms with Crippen LogP contribution in [0.3, 0.4) is 0 Å². The first-order valence-electron chi connectivity index (χ1n) is 7.31. The van der Waals surface area contributed by atoms with E-state index in [-0.39, 0.29) is 34.8 Å². The van der Waals surface area contributed by atoms with Gasteiger partial charge >= 0.3 is 0 Å². The molecular weight excluding hydrogens is 308 g/mol. The molecule has 0 unspecified atom stereocenters. The van der Waals surface area contributed by atoms with Crippen LogP contribution in [0.1, 0.15) is 33.3 Å². The second-order valence-corrected chi connectivity index (χ2v) is 7.64. The molecule has 0 aliphatic rings. The first-order chi connectivity index (χ1) is 10.2. The lowest BCUT2D eigenvalue weighted by Gasteiger charge is -2.17. The van der Waals surface area contributed by atoms with E-state index in [9.17, 15) is 17.8 Å². The van der Waals surface area contributed by atoms with E-state index in [1.54, 1.807) is 6.92 Å². The highest BCUT2D eigenvalue weighted by molar-refractivity contribution is 7.86. The summed E-state index contributed by atoms with van der Waals surface area (Å²) in [5.74, 6) is -1.49. The Bertz CT molecular complexity index is 529. The van der Waals surface area contributed by atoms with Crippen molar-refractivity contribution in [2.45, 2.75) is 45.4 Å². The SMILES string of the molecule is CC(C)[C@H](C)[S@@](=O)CC(=O)N[C@H](C)Cc1c(F)cccc1F. The van der Waals surface area contributed by atoms with Gasteiger partial charge in [-0.2, -0.15) is 0 Å². The van der Waals surface area contributed by atoms with Crippen LogP contribution in [0.5, 0.6) is 0 Å². The minimum atomic E-state index is -1.26. The zero-order valence-electron chi connectivity index (χ0n) is 13.4. The van der Waals surface area contributed by atoms with Crippen molar-refractivity contribution in [3.05, 3.63) is 35.4 Å². The van der Waals surface area contributed by atoms with Crippen molar-refractivity contribution in [3.8, 4) is 0 Å². The Balaban J connectivity index is 2.56. The van der Waals surface area contributed by atoms with Crippen molar-refractivity contribution in [1.29, 1.82) is 0 Å². The molecule has 1 N–H and O–H groups in total. The van der Waals surface area contributed by atoms with E-state index < -0.39 is 28.5 Å². The molecule has 0 spiro atoms. The van der Waals surface area contributed by atoms with E-state index in [0.29, 0.717) is 0 Å². The maximum Gasteiger partial charge on any atom is 0.232 e. The van der Waals surface area contributed by atoms with Crippen molar-refractivity contribution < 1.29 is 17.8 Å². The molecule has 3 atom stereocenters. The molecule has 0 aliphatic heterocycles. The third kappa shape index (κ3) is 5.48. The molecule has 0 saturated carbocycles. The summed E-state index contributed by atoms with van der Waals surface area (Å²) < 4.78 is 39.1. The van der Waals surface area contributed by atoms with E-state index in [4.69, 9.17) is 0 Å². The molecule has 0 radical (unpaired) electrons. The van der Waals surface area contributed by atoms with E-state index in [1.807, 2.05) is 20.8 Å². The summed E-state index contributed by atoms with van der Waals surface area (Å²) in [4.78, 5) is 11.9. The van der Waals surface area contributed by atoms with Crippen LogP contribution in [0.25, 0.3) is 0 Å². The summed E-state index contributed by atoms with van der Waals surface area (Å²) in [5, 5.41) is 2.56. The molecular formula is C16H23F2NO2S. The fraction of sp³-hybridized carbons (Fsp3) is 0.562. The predicted octanol–water partition coefficient (Wildman–Crippen LogP) is 2.81. The number of rotatable bonds is 7. The summed E-state index contributed by atoms with van der Waals surface area (Å²) in [6.45, 7) is 7.40. The Morgan fingerprint density at radius 2 is 1.73 bits per heavy atom. The number of amides is 1. The summed E-state index contributed by atoms with van der Waals surface area (Å²) in [6, 6.07) is 3.23. The number of carbonyl (C=O) groups excluding carboxylic acids is 1. The number of benzene rings is 1. The second-order valence-electron chi connectivity index (χ2n) is 5.85. The Morgan fingerprint density at radius 3 is 2.23 bits per heavy atom. The van der Waals surface area contributed by atoms with Gasteiger partial charge in [-0.05, 0) is 31.4 Å². The normalized spacial score (nSPS) is 15.4. The van der Waals surface area contributed by atoms with Gasteiger partial charge in [0.05, 0.1) is 0 Å². The maximum atomic E-state index is 13.6. The lowest BCUT2D eigenvalue weighted by atomic mass is 10.1. The quantitative estimate of drug-likeness (QED) is 0.835. The van der Waals surface area contributed by atoms with Gasteiger partial charge in [0.15, 0.2) is 0 Å². The molecule has 124 valence electrons. The number of nitrogens with one attached hydrogen (secondary N) is 1. The first kappa shape index (κ1) is 18.7. The third-order valence-electron chi connectivity index (χ3n) is 3.61. The monoisotopic (exact) mass is 331 g/mol. The highest BCUT2D eigenvalue weighted by atomic mass is 32.2.